The Morgan fingerprint density at radius 1 is 1.37 bits per heavy atom. The molecule has 1 amide bonds. The van der Waals surface area contributed by atoms with Gasteiger partial charge in [0.15, 0.2) is 0 Å². The molecule has 3 N–H and O–H groups in total. The summed E-state index contributed by atoms with van der Waals surface area (Å²) in [7, 11) is 0. The summed E-state index contributed by atoms with van der Waals surface area (Å²) in [6, 6.07) is -0.438. The molecular formula is C14H24N2O3. The van der Waals surface area contributed by atoms with Crippen molar-refractivity contribution in [1.82, 2.24) is 4.90 Å². The molecule has 2 rings (SSSR count). The molecule has 1 spiro atoms. The van der Waals surface area contributed by atoms with Crippen LogP contribution >= 0.6 is 0 Å². The van der Waals surface area contributed by atoms with E-state index in [0.29, 0.717) is 13.0 Å². The van der Waals surface area contributed by atoms with Crippen LogP contribution in [-0.2, 0) is 9.59 Å². The monoisotopic (exact) mass is 268 g/mol. The van der Waals surface area contributed by atoms with Gasteiger partial charge in [0.05, 0.1) is 12.0 Å². The molecule has 5 heteroatoms. The maximum atomic E-state index is 12.2. The molecular weight excluding hydrogens is 244 g/mol. The lowest BCUT2D eigenvalue weighted by molar-refractivity contribution is -0.141. The Bertz CT molecular complexity index is 383. The lowest BCUT2D eigenvalue weighted by Gasteiger charge is -2.26. The van der Waals surface area contributed by atoms with E-state index in [1.165, 1.54) is 0 Å². The summed E-state index contributed by atoms with van der Waals surface area (Å²) >= 11 is 0. The fourth-order valence-corrected chi connectivity index (χ4v) is 3.41. The normalized spacial score (nSPS) is 32.2. The van der Waals surface area contributed by atoms with Crippen molar-refractivity contribution in [3.05, 3.63) is 0 Å². The third kappa shape index (κ3) is 2.76. The Hall–Kier alpha value is -1.10. The van der Waals surface area contributed by atoms with Crippen LogP contribution in [0.2, 0.25) is 0 Å². The van der Waals surface area contributed by atoms with Crippen LogP contribution in [0.15, 0.2) is 0 Å². The Balaban J connectivity index is 1.97. The van der Waals surface area contributed by atoms with Gasteiger partial charge in [0, 0.05) is 13.1 Å². The molecule has 108 valence electrons. The molecule has 5 nitrogen and oxygen atoms in total. The summed E-state index contributed by atoms with van der Waals surface area (Å²) in [5.41, 5.74) is 5.95. The van der Waals surface area contributed by atoms with Gasteiger partial charge in [-0.3, -0.25) is 9.59 Å². The Labute approximate surface area is 114 Å². The molecule has 1 aliphatic heterocycles. The van der Waals surface area contributed by atoms with Crippen LogP contribution in [-0.4, -0.2) is 41.0 Å². The van der Waals surface area contributed by atoms with Crippen LogP contribution in [0, 0.1) is 17.3 Å². The van der Waals surface area contributed by atoms with Gasteiger partial charge in [-0.25, -0.2) is 0 Å². The molecule has 0 aromatic carbocycles. The summed E-state index contributed by atoms with van der Waals surface area (Å²) in [6.45, 7) is 5.32. The average molecular weight is 268 g/mol. The lowest BCUT2D eigenvalue weighted by atomic mass is 9.84. The average Bonchev–Trinajstić information content (AvgIpc) is 2.96. The quantitative estimate of drug-likeness (QED) is 0.802. The highest BCUT2D eigenvalue weighted by Gasteiger charge is 2.47. The zero-order chi connectivity index (χ0) is 14.2. The number of hydrogen-bond donors (Lipinski definition) is 2. The Morgan fingerprint density at radius 3 is 2.58 bits per heavy atom. The van der Waals surface area contributed by atoms with Gasteiger partial charge < -0.3 is 15.7 Å². The van der Waals surface area contributed by atoms with Crippen LogP contribution in [0.5, 0.6) is 0 Å². The zero-order valence-electron chi connectivity index (χ0n) is 11.8. The first-order valence-electron chi connectivity index (χ1n) is 7.12. The molecule has 2 aliphatic rings. The fraction of sp³-hybridized carbons (Fsp3) is 0.857. The molecule has 3 atom stereocenters. The number of rotatable bonds is 3. The number of nitrogens with zero attached hydrogens (tertiary/aromatic N) is 1. The van der Waals surface area contributed by atoms with Crippen molar-refractivity contribution in [3.63, 3.8) is 0 Å². The Morgan fingerprint density at radius 2 is 2.05 bits per heavy atom. The number of carbonyl (C=O) groups is 2. The summed E-state index contributed by atoms with van der Waals surface area (Å²) in [5.74, 6) is -0.764. The smallest absolute Gasteiger partial charge is 0.306 e. The van der Waals surface area contributed by atoms with Crippen molar-refractivity contribution in [2.75, 3.05) is 13.1 Å². The fourth-order valence-electron chi connectivity index (χ4n) is 3.41. The van der Waals surface area contributed by atoms with Crippen LogP contribution < -0.4 is 5.73 Å². The molecule has 1 saturated heterocycles. The minimum atomic E-state index is -0.694. The van der Waals surface area contributed by atoms with Crippen LogP contribution in [0.1, 0.15) is 39.5 Å². The number of nitrogens with two attached hydrogens (primary N) is 1. The van der Waals surface area contributed by atoms with E-state index in [2.05, 4.69) is 0 Å². The first-order chi connectivity index (χ1) is 8.84. The number of carboxylic acid groups (broad SMARTS) is 1. The van der Waals surface area contributed by atoms with E-state index >= 15 is 0 Å². The lowest BCUT2D eigenvalue weighted by Crippen LogP contribution is -2.46. The van der Waals surface area contributed by atoms with E-state index in [1.54, 1.807) is 0 Å². The van der Waals surface area contributed by atoms with Gasteiger partial charge >= 0.3 is 5.97 Å². The topological polar surface area (TPSA) is 83.6 Å². The maximum Gasteiger partial charge on any atom is 0.306 e. The van der Waals surface area contributed by atoms with Gasteiger partial charge in [-0.05, 0) is 37.0 Å². The number of carboxylic acids is 1. The second kappa shape index (κ2) is 5.12. The van der Waals surface area contributed by atoms with Gasteiger partial charge in [-0.2, -0.15) is 0 Å². The van der Waals surface area contributed by atoms with Gasteiger partial charge in [-0.15, -0.1) is 0 Å². The summed E-state index contributed by atoms with van der Waals surface area (Å²) in [6.07, 6.45) is 3.30. The third-order valence-electron chi connectivity index (χ3n) is 4.81. The van der Waals surface area contributed by atoms with Crippen LogP contribution in [0.3, 0.4) is 0 Å². The van der Waals surface area contributed by atoms with E-state index in [9.17, 15) is 9.59 Å². The highest BCUT2D eigenvalue weighted by atomic mass is 16.4. The maximum absolute atomic E-state index is 12.2. The van der Waals surface area contributed by atoms with E-state index < -0.39 is 12.0 Å². The molecule has 1 aliphatic carbocycles. The van der Waals surface area contributed by atoms with Crippen molar-refractivity contribution in [2.24, 2.45) is 23.0 Å². The van der Waals surface area contributed by atoms with E-state index in [4.69, 9.17) is 10.8 Å². The zero-order valence-corrected chi connectivity index (χ0v) is 11.8. The highest BCUT2D eigenvalue weighted by molar-refractivity contribution is 5.82. The van der Waals surface area contributed by atoms with E-state index in [1.807, 2.05) is 18.7 Å². The number of likely N-dealkylation sites (tertiary alicyclic amines) is 1. The second-order valence-corrected chi connectivity index (χ2v) is 6.56. The number of amides is 1. The molecule has 2 fully saturated rings. The number of carbonyl (C=O) groups excluding carboxylic acids is 1. The van der Waals surface area contributed by atoms with Crippen molar-refractivity contribution in [1.29, 1.82) is 0 Å². The minimum absolute atomic E-state index is 0.0191. The molecule has 1 saturated carbocycles. The third-order valence-corrected chi connectivity index (χ3v) is 4.81. The molecule has 0 unspecified atom stereocenters. The van der Waals surface area contributed by atoms with E-state index in [-0.39, 0.29) is 23.2 Å². The molecule has 1 heterocycles. The first kappa shape index (κ1) is 14.3. The molecule has 0 aromatic heterocycles. The second-order valence-electron chi connectivity index (χ2n) is 6.56. The summed E-state index contributed by atoms with van der Waals surface area (Å²) in [5, 5.41) is 9.09. The first-order valence-corrected chi connectivity index (χ1v) is 7.12. The SMILES string of the molecule is CC(C)[C@H](N)C(=O)N1CC[C@]2(CC[C@H](C(=O)O)C2)C1. The summed E-state index contributed by atoms with van der Waals surface area (Å²) < 4.78 is 0. The van der Waals surface area contributed by atoms with Gasteiger partial charge in [0.2, 0.25) is 5.91 Å². The van der Waals surface area contributed by atoms with Gasteiger partial charge in [0.1, 0.15) is 0 Å². The standard InChI is InChI=1S/C14H24N2O3/c1-9(2)11(15)12(17)16-6-5-14(8-16)4-3-10(7-14)13(18)19/h9-11H,3-8,15H2,1-2H3,(H,18,19)/t10-,11-,14-/m0/s1. The molecule has 19 heavy (non-hydrogen) atoms. The van der Waals surface area contributed by atoms with Crippen molar-refractivity contribution < 1.29 is 14.7 Å². The Kier molecular flexibility index (Phi) is 3.85. The van der Waals surface area contributed by atoms with Crippen molar-refractivity contribution in [3.8, 4) is 0 Å². The van der Waals surface area contributed by atoms with Gasteiger partial charge in [-0.1, -0.05) is 13.8 Å². The van der Waals surface area contributed by atoms with Crippen molar-refractivity contribution >= 4 is 11.9 Å². The van der Waals surface area contributed by atoms with E-state index in [0.717, 1.165) is 25.8 Å². The van der Waals surface area contributed by atoms with Gasteiger partial charge in [0.25, 0.3) is 0 Å². The molecule has 0 radical (unpaired) electrons. The van der Waals surface area contributed by atoms with Crippen molar-refractivity contribution in [2.45, 2.75) is 45.6 Å². The van der Waals surface area contributed by atoms with Crippen LogP contribution in [0.4, 0.5) is 0 Å². The molecule has 0 aromatic rings. The predicted molar refractivity (Wildman–Crippen MR) is 71.4 cm³/mol. The summed E-state index contributed by atoms with van der Waals surface area (Å²) in [4.78, 5) is 25.1. The minimum Gasteiger partial charge on any atom is -0.481 e. The number of aliphatic carboxylic acids is 1. The predicted octanol–water partition coefficient (Wildman–Crippen LogP) is 1.07. The highest BCUT2D eigenvalue weighted by Crippen LogP contribution is 2.48. The van der Waals surface area contributed by atoms with Crippen LogP contribution in [0.25, 0.3) is 0 Å². The molecule has 0 bridgehead atoms. The number of hydrogen-bond acceptors (Lipinski definition) is 3. The largest absolute Gasteiger partial charge is 0.481 e.